The zero-order valence-corrected chi connectivity index (χ0v) is 27.4. The van der Waals surface area contributed by atoms with Gasteiger partial charge in [0.2, 0.25) is 0 Å². The van der Waals surface area contributed by atoms with Crippen molar-refractivity contribution in [3.63, 3.8) is 0 Å². The van der Waals surface area contributed by atoms with Gasteiger partial charge in [-0.05, 0) is 59.9 Å². The highest BCUT2D eigenvalue weighted by molar-refractivity contribution is 14.1. The molecule has 3 saturated heterocycles. The monoisotopic (exact) mass is 662 g/mol. The normalized spacial score (nSPS) is 32.0. The van der Waals surface area contributed by atoms with Gasteiger partial charge < -0.3 is 18.6 Å². The lowest BCUT2D eigenvalue weighted by atomic mass is 9.90. The summed E-state index contributed by atoms with van der Waals surface area (Å²) in [6, 6.07) is 21.8. The predicted octanol–water partition coefficient (Wildman–Crippen LogP) is 7.02. The van der Waals surface area contributed by atoms with Crippen LogP contribution in [-0.2, 0) is 18.6 Å². The molecule has 0 bridgehead atoms. The van der Waals surface area contributed by atoms with E-state index in [1.165, 1.54) is 23.2 Å². The molecule has 6 atom stereocenters. The smallest absolute Gasteiger partial charge is 0.261 e. The van der Waals surface area contributed by atoms with Crippen molar-refractivity contribution in [3.05, 3.63) is 60.7 Å². The van der Waals surface area contributed by atoms with Gasteiger partial charge in [-0.15, -0.1) is 0 Å². The maximum absolute atomic E-state index is 7.29. The summed E-state index contributed by atoms with van der Waals surface area (Å²) < 4.78 is 28.4. The first-order valence-corrected chi connectivity index (χ1v) is 18.5. The molecule has 214 valence electrons. The molecule has 0 amide bonds. The second-order valence-corrected chi connectivity index (χ2v) is 18.2. The van der Waals surface area contributed by atoms with Crippen LogP contribution in [0.1, 0.15) is 79.1 Å². The summed E-state index contributed by atoms with van der Waals surface area (Å²) in [5, 5.41) is 2.59. The number of rotatable bonds is 8. The van der Waals surface area contributed by atoms with Crippen molar-refractivity contribution in [1.82, 2.24) is 0 Å². The highest BCUT2D eigenvalue weighted by Crippen LogP contribution is 2.45. The molecule has 0 radical (unpaired) electrons. The third-order valence-electron chi connectivity index (χ3n) is 9.23. The van der Waals surface area contributed by atoms with E-state index in [4.69, 9.17) is 18.6 Å². The van der Waals surface area contributed by atoms with Gasteiger partial charge in [0.15, 0.2) is 5.79 Å². The molecular weight excluding hydrogens is 615 g/mol. The zero-order chi connectivity index (χ0) is 27.5. The van der Waals surface area contributed by atoms with Crippen molar-refractivity contribution in [2.75, 3.05) is 11.0 Å². The third-order valence-corrected chi connectivity index (χ3v) is 15.2. The lowest BCUT2D eigenvalue weighted by Gasteiger charge is -2.46. The summed E-state index contributed by atoms with van der Waals surface area (Å²) in [6.07, 6.45) is 9.74. The molecule has 0 N–H and O–H groups in total. The van der Waals surface area contributed by atoms with Crippen molar-refractivity contribution >= 4 is 41.3 Å². The number of hydrogen-bond donors (Lipinski definition) is 0. The molecule has 2 aromatic carbocycles. The van der Waals surface area contributed by atoms with Gasteiger partial charge in [0.05, 0.1) is 31.0 Å². The largest absolute Gasteiger partial charge is 0.405 e. The highest BCUT2D eigenvalue weighted by Gasteiger charge is 2.52. The Kier molecular flexibility index (Phi) is 9.61. The van der Waals surface area contributed by atoms with Gasteiger partial charge in [0, 0.05) is 17.3 Å². The van der Waals surface area contributed by atoms with Crippen molar-refractivity contribution < 1.29 is 18.6 Å². The van der Waals surface area contributed by atoms with Gasteiger partial charge in [0.1, 0.15) is 0 Å². The molecule has 0 saturated carbocycles. The summed E-state index contributed by atoms with van der Waals surface area (Å²) in [4.78, 5) is 0. The first kappa shape index (κ1) is 29.7. The van der Waals surface area contributed by atoms with E-state index in [0.29, 0.717) is 24.7 Å². The molecular formula is C33H47IO4Si. The van der Waals surface area contributed by atoms with E-state index in [-0.39, 0.29) is 17.2 Å². The van der Waals surface area contributed by atoms with Gasteiger partial charge >= 0.3 is 0 Å². The number of halogens is 1. The van der Waals surface area contributed by atoms with Gasteiger partial charge in [-0.3, -0.25) is 0 Å². The molecule has 3 aliphatic rings. The molecule has 0 aliphatic carbocycles. The summed E-state index contributed by atoms with van der Waals surface area (Å²) in [6.45, 7) is 9.93. The van der Waals surface area contributed by atoms with Gasteiger partial charge in [-0.25, -0.2) is 0 Å². The van der Waals surface area contributed by atoms with Crippen LogP contribution in [0.3, 0.4) is 0 Å². The molecule has 2 aromatic rings. The van der Waals surface area contributed by atoms with E-state index in [0.717, 1.165) is 43.0 Å². The van der Waals surface area contributed by atoms with Crippen LogP contribution >= 0.6 is 22.6 Å². The summed E-state index contributed by atoms with van der Waals surface area (Å²) in [7, 11) is -2.61. The lowest BCUT2D eigenvalue weighted by molar-refractivity contribution is -0.287. The minimum absolute atomic E-state index is 0.0217. The molecule has 39 heavy (non-hydrogen) atoms. The Morgan fingerprint density at radius 3 is 2.08 bits per heavy atom. The van der Waals surface area contributed by atoms with Gasteiger partial charge in [0.25, 0.3) is 8.32 Å². The quantitative estimate of drug-likeness (QED) is 0.173. The maximum atomic E-state index is 7.29. The molecule has 3 aliphatic heterocycles. The number of ether oxygens (including phenoxy) is 3. The first-order chi connectivity index (χ1) is 18.7. The Morgan fingerprint density at radius 2 is 1.46 bits per heavy atom. The molecule has 6 heteroatoms. The van der Waals surface area contributed by atoms with Crippen molar-refractivity contribution in [2.24, 2.45) is 5.92 Å². The second-order valence-electron chi connectivity index (χ2n) is 13.0. The Balaban J connectivity index is 1.31. The van der Waals surface area contributed by atoms with Crippen LogP contribution in [-0.4, -0.2) is 49.6 Å². The Labute approximate surface area is 250 Å². The second kappa shape index (κ2) is 12.6. The van der Waals surface area contributed by atoms with Crippen LogP contribution in [0.4, 0.5) is 0 Å². The van der Waals surface area contributed by atoms with Crippen LogP contribution < -0.4 is 10.4 Å². The van der Waals surface area contributed by atoms with E-state index in [1.54, 1.807) is 0 Å². The van der Waals surface area contributed by atoms with Gasteiger partial charge in [-0.2, -0.15) is 0 Å². The minimum atomic E-state index is -2.61. The van der Waals surface area contributed by atoms with E-state index < -0.39 is 14.1 Å². The number of alkyl halides is 1. The predicted molar refractivity (Wildman–Crippen MR) is 170 cm³/mol. The van der Waals surface area contributed by atoms with Crippen molar-refractivity contribution in [1.29, 1.82) is 0 Å². The first-order valence-electron chi connectivity index (χ1n) is 15.1. The topological polar surface area (TPSA) is 36.9 Å². The average Bonchev–Trinajstić information content (AvgIpc) is 3.33. The number of benzene rings is 2. The molecule has 1 spiro atoms. The minimum Gasteiger partial charge on any atom is -0.405 e. The third kappa shape index (κ3) is 6.51. The standard InChI is InChI=1S/C33H47IO4Si/c1-25-18-20-33(21-19-27(37-33)22-26-12-11-13-28(23-34)36-26)38-31(25)24-35-39(32(2,3)4,29-14-7-5-8-15-29)30-16-9-6-10-17-30/h5-10,14-17,25-28,31H,11-13,18-24H2,1-4H3/t25-,26+,27+,28+,31+,33+/m1/s1. The fourth-order valence-corrected chi connectivity index (χ4v) is 12.3. The van der Waals surface area contributed by atoms with E-state index >= 15 is 0 Å². The Morgan fingerprint density at radius 1 is 0.846 bits per heavy atom. The Bertz CT molecular complexity index is 1010. The fraction of sp³-hybridized carbons (Fsp3) is 0.636. The van der Waals surface area contributed by atoms with Crippen LogP contribution in [0.5, 0.6) is 0 Å². The van der Waals surface area contributed by atoms with Crippen molar-refractivity contribution in [2.45, 2.75) is 114 Å². The van der Waals surface area contributed by atoms with Crippen LogP contribution in [0.2, 0.25) is 5.04 Å². The molecule has 4 nitrogen and oxygen atoms in total. The zero-order valence-electron chi connectivity index (χ0n) is 24.2. The highest BCUT2D eigenvalue weighted by atomic mass is 127. The van der Waals surface area contributed by atoms with E-state index in [1.807, 2.05) is 0 Å². The Hall–Kier alpha value is -0.773. The van der Waals surface area contributed by atoms with Crippen LogP contribution in [0.25, 0.3) is 0 Å². The summed E-state index contributed by atoms with van der Waals surface area (Å²) in [5.74, 6) is -0.0314. The van der Waals surface area contributed by atoms with Crippen molar-refractivity contribution in [3.8, 4) is 0 Å². The SMILES string of the molecule is C[C@@H]1CC[C@@]2(CC[C@@H](C[C@@H]3CCC[C@@H](CI)O3)O2)O[C@H]1CO[Si](c1ccccc1)(c1ccccc1)C(C)(C)C. The molecule has 0 aromatic heterocycles. The lowest BCUT2D eigenvalue weighted by Crippen LogP contribution is -2.67. The molecule has 5 rings (SSSR count). The number of hydrogen-bond acceptors (Lipinski definition) is 4. The molecule has 0 unspecified atom stereocenters. The fourth-order valence-electron chi connectivity index (χ4n) is 7.05. The summed E-state index contributed by atoms with van der Waals surface area (Å²) >= 11 is 2.46. The van der Waals surface area contributed by atoms with Crippen LogP contribution in [0.15, 0.2) is 60.7 Å². The molecule has 3 heterocycles. The maximum Gasteiger partial charge on any atom is 0.261 e. The molecule has 3 fully saturated rings. The van der Waals surface area contributed by atoms with Crippen LogP contribution in [0, 0.1) is 5.92 Å². The van der Waals surface area contributed by atoms with E-state index in [2.05, 4.69) is 111 Å². The van der Waals surface area contributed by atoms with Gasteiger partial charge in [-0.1, -0.05) is 111 Å². The average molecular weight is 663 g/mol. The van der Waals surface area contributed by atoms with E-state index in [9.17, 15) is 0 Å². The summed E-state index contributed by atoms with van der Waals surface area (Å²) in [5.41, 5.74) is 0.